The molecule has 0 unspecified atom stereocenters. The van der Waals surface area contributed by atoms with Gasteiger partial charge in [-0.05, 0) is 145 Å². The van der Waals surface area contributed by atoms with Crippen LogP contribution in [0.25, 0.3) is 0 Å². The first-order chi connectivity index (χ1) is 32.4. The zero-order valence-electron chi connectivity index (χ0n) is 37.6. The summed E-state index contributed by atoms with van der Waals surface area (Å²) in [4.78, 5) is 4.33. The average molecular weight is 1010 g/mol. The Morgan fingerprint density at radius 1 is 0.647 bits per heavy atom. The zero-order valence-corrected chi connectivity index (χ0v) is 40.8. The Morgan fingerprint density at radius 3 is 1.41 bits per heavy atom. The molecule has 4 aliphatic heterocycles. The molecule has 10 rings (SSSR count). The van der Waals surface area contributed by atoms with Gasteiger partial charge < -0.3 is 39.0 Å². The number of benzene rings is 4. The van der Waals surface area contributed by atoms with Crippen molar-refractivity contribution in [2.45, 2.75) is 71.7 Å². The third-order valence-corrected chi connectivity index (χ3v) is 17.1. The average Bonchev–Trinajstić information content (AvgIpc) is 3.54. The van der Waals surface area contributed by atoms with Crippen LogP contribution in [0.15, 0.2) is 108 Å². The second-order valence-electron chi connectivity index (χ2n) is 18.9. The van der Waals surface area contributed by atoms with Crippen LogP contribution in [-0.4, -0.2) is 91.9 Å². The van der Waals surface area contributed by atoms with Crippen molar-refractivity contribution in [2.75, 3.05) is 62.4 Å². The molecule has 364 valence electrons. The summed E-state index contributed by atoms with van der Waals surface area (Å²) in [5, 5.41) is 33.0. The quantitative estimate of drug-likeness (QED) is 0.127. The monoisotopic (exact) mass is 1010 g/mol. The fraction of sp³-hybridized carbons (Fsp3) is 0.440. The van der Waals surface area contributed by atoms with Gasteiger partial charge in [-0.3, -0.25) is 0 Å². The number of hydrogen-bond donors (Lipinski definition) is 4. The summed E-state index contributed by atoms with van der Waals surface area (Å²) >= 11 is 12.5. The number of nitrogens with two attached hydrogens (primary N) is 2. The van der Waals surface area contributed by atoms with Gasteiger partial charge in [-0.15, -0.1) is 13.2 Å². The Bertz CT molecular complexity index is 2630. The molecular formula is C50H58Cl2N4O10S2. The minimum Gasteiger partial charge on any atom is -0.488 e. The molecule has 6 N–H and O–H groups in total. The van der Waals surface area contributed by atoms with Gasteiger partial charge in [0.25, 0.3) is 0 Å². The van der Waals surface area contributed by atoms with E-state index in [-0.39, 0.29) is 46.7 Å². The van der Waals surface area contributed by atoms with Crippen molar-refractivity contribution in [3.05, 3.63) is 130 Å². The topological polar surface area (TPSA) is 204 Å². The number of rotatable bonds is 10. The van der Waals surface area contributed by atoms with E-state index < -0.39 is 43.5 Å². The largest absolute Gasteiger partial charge is 0.488 e. The fourth-order valence-electron chi connectivity index (χ4n) is 10.9. The Kier molecular flexibility index (Phi) is 13.8. The highest BCUT2D eigenvalue weighted by atomic mass is 35.5. The first kappa shape index (κ1) is 48.8. The molecule has 0 bridgehead atoms. The van der Waals surface area contributed by atoms with Crippen LogP contribution in [0.5, 0.6) is 11.5 Å². The molecule has 2 saturated carbocycles. The van der Waals surface area contributed by atoms with Crippen molar-refractivity contribution < 1.29 is 46.0 Å². The summed E-state index contributed by atoms with van der Waals surface area (Å²) in [6.07, 6.45) is 7.34. The standard InChI is InChI=1S/2C25H29ClN2O5S/c2*1-2-23(29)20-6-3-17(20)13-28-14-25(21-7-4-18(26)11-16(21)9-10-33-25)15-32-24-8-5-19(12-22(24)28)34(27,30)31/h2*2,4-5,7-8,11-12,17,20,23,29H,1,3,6,9-10,13-15H2,(H2,27,30,31)/t17-,20+,23+,25+;17-,20+,23-,25+/m00/s1. The highest BCUT2D eigenvalue weighted by Crippen LogP contribution is 2.47. The number of hydrogen-bond acceptors (Lipinski definition) is 12. The molecule has 68 heavy (non-hydrogen) atoms. The maximum atomic E-state index is 12.1. The van der Waals surface area contributed by atoms with Gasteiger partial charge in [0.15, 0.2) is 0 Å². The molecule has 14 nitrogen and oxygen atoms in total. The van der Waals surface area contributed by atoms with E-state index in [9.17, 15) is 27.0 Å². The minimum absolute atomic E-state index is 0.0313. The first-order valence-corrected chi connectivity index (χ1v) is 26.8. The first-order valence-electron chi connectivity index (χ1n) is 23.0. The molecule has 4 aromatic rings. The molecule has 0 saturated heterocycles. The smallest absolute Gasteiger partial charge is 0.238 e. The molecule has 4 heterocycles. The van der Waals surface area contributed by atoms with Gasteiger partial charge in [0.05, 0.1) is 59.7 Å². The third kappa shape index (κ3) is 9.66. The molecule has 18 heteroatoms. The summed E-state index contributed by atoms with van der Waals surface area (Å²) in [7, 11) is -7.78. The number of halogens is 2. The van der Waals surface area contributed by atoms with Crippen LogP contribution in [0, 0.1) is 23.7 Å². The maximum Gasteiger partial charge on any atom is 0.238 e. The van der Waals surface area contributed by atoms with Crippen LogP contribution >= 0.6 is 23.2 Å². The second-order valence-corrected chi connectivity index (χ2v) is 22.9. The summed E-state index contributed by atoms with van der Waals surface area (Å²) in [5.41, 5.74) is 4.15. The lowest BCUT2D eigenvalue weighted by atomic mass is 9.70. The number of primary sulfonamides is 2. The van der Waals surface area contributed by atoms with E-state index in [2.05, 4.69) is 23.0 Å². The Morgan fingerprint density at radius 2 is 1.06 bits per heavy atom. The van der Waals surface area contributed by atoms with Gasteiger partial charge in [0.1, 0.15) is 35.9 Å². The number of aliphatic hydroxyl groups excluding tert-OH is 2. The van der Waals surface area contributed by atoms with Gasteiger partial charge in [0.2, 0.25) is 20.0 Å². The molecular weight excluding hydrogens is 952 g/mol. The Hall–Kier alpha value is -4.20. The van der Waals surface area contributed by atoms with E-state index in [1.807, 2.05) is 36.4 Å². The number of fused-ring (bicyclic) bond motifs is 6. The van der Waals surface area contributed by atoms with Gasteiger partial charge in [-0.1, -0.05) is 47.5 Å². The predicted octanol–water partition coefficient (Wildman–Crippen LogP) is 6.46. The van der Waals surface area contributed by atoms with E-state index in [4.69, 9.17) is 52.4 Å². The van der Waals surface area contributed by atoms with Crippen molar-refractivity contribution in [1.82, 2.24) is 0 Å². The number of anilines is 2. The van der Waals surface area contributed by atoms with Gasteiger partial charge in [0, 0.05) is 23.1 Å². The van der Waals surface area contributed by atoms with Crippen LogP contribution in [0.4, 0.5) is 11.4 Å². The van der Waals surface area contributed by atoms with Crippen LogP contribution in [0.2, 0.25) is 10.0 Å². The van der Waals surface area contributed by atoms with Gasteiger partial charge in [-0.25, -0.2) is 27.1 Å². The van der Waals surface area contributed by atoms with Gasteiger partial charge >= 0.3 is 0 Å². The maximum absolute atomic E-state index is 12.1. The van der Waals surface area contributed by atoms with Crippen molar-refractivity contribution in [3.63, 3.8) is 0 Å². The molecule has 0 amide bonds. The molecule has 0 radical (unpaired) electrons. The molecule has 2 aliphatic carbocycles. The van der Waals surface area contributed by atoms with Crippen molar-refractivity contribution in [1.29, 1.82) is 0 Å². The minimum atomic E-state index is -3.89. The summed E-state index contributed by atoms with van der Waals surface area (Å²) in [5.74, 6) is 1.83. The predicted molar refractivity (Wildman–Crippen MR) is 261 cm³/mol. The lowest BCUT2D eigenvalue weighted by Crippen LogP contribution is -2.51. The normalized spacial score (nSPS) is 27.1. The zero-order chi connectivity index (χ0) is 48.2. The summed E-state index contributed by atoms with van der Waals surface area (Å²) in [6.45, 7) is 11.3. The summed E-state index contributed by atoms with van der Waals surface area (Å²) < 4.78 is 73.8. The molecule has 6 aliphatic rings. The number of aliphatic hydroxyl groups is 2. The number of sulfonamides is 2. The van der Waals surface area contributed by atoms with E-state index >= 15 is 0 Å². The van der Waals surface area contributed by atoms with Crippen LogP contribution in [0.3, 0.4) is 0 Å². The summed E-state index contributed by atoms with van der Waals surface area (Å²) in [6, 6.07) is 21.1. The van der Waals surface area contributed by atoms with Crippen LogP contribution in [-0.2, 0) is 53.6 Å². The Labute approximate surface area is 408 Å². The van der Waals surface area contributed by atoms with E-state index in [1.54, 1.807) is 36.4 Å². The van der Waals surface area contributed by atoms with E-state index in [1.165, 1.54) is 12.1 Å². The Balaban J connectivity index is 0.000000170. The molecule has 2 spiro atoms. The molecule has 0 aromatic heterocycles. The third-order valence-electron chi connectivity index (χ3n) is 14.9. The van der Waals surface area contributed by atoms with Crippen LogP contribution < -0.4 is 29.6 Å². The lowest BCUT2D eigenvalue weighted by Gasteiger charge is -2.45. The van der Waals surface area contributed by atoms with Crippen molar-refractivity contribution >= 4 is 54.6 Å². The van der Waals surface area contributed by atoms with Crippen LogP contribution in [0.1, 0.15) is 47.9 Å². The van der Waals surface area contributed by atoms with Crippen molar-refractivity contribution in [3.8, 4) is 11.5 Å². The number of nitrogens with zero attached hydrogens (tertiary/aromatic N) is 2. The lowest BCUT2D eigenvalue weighted by molar-refractivity contribution is -0.0795. The van der Waals surface area contributed by atoms with Crippen molar-refractivity contribution in [2.24, 2.45) is 33.9 Å². The molecule has 4 aromatic carbocycles. The van der Waals surface area contributed by atoms with Gasteiger partial charge in [-0.2, -0.15) is 0 Å². The van der Waals surface area contributed by atoms with E-state index in [0.29, 0.717) is 72.3 Å². The number of ether oxygens (including phenoxy) is 4. The second kappa shape index (κ2) is 19.2. The SMILES string of the molecule is C=C[C@@H](O)[C@@H]1CC[C@H]1CN1C[C@]2(COc3ccc(S(N)(=O)=O)cc31)OCCc1cc(Cl)ccc12.C=C[C@H](O)[C@@H]1CC[C@H]1CN1C[C@]2(COc3ccc(S(N)(=O)=O)cc31)OCCc1cc(Cl)ccc12. The fourth-order valence-corrected chi connectivity index (χ4v) is 12.4. The molecule has 2 fully saturated rings. The highest BCUT2D eigenvalue weighted by molar-refractivity contribution is 7.89. The molecule has 8 atom stereocenters. The van der Waals surface area contributed by atoms with E-state index in [0.717, 1.165) is 60.8 Å². The highest BCUT2D eigenvalue weighted by Gasteiger charge is 2.47.